The molecule has 3 aromatic carbocycles. The van der Waals surface area contributed by atoms with Crippen molar-refractivity contribution in [1.82, 2.24) is 4.98 Å². The molecule has 0 radical (unpaired) electrons. The van der Waals surface area contributed by atoms with Crippen molar-refractivity contribution in [3.8, 4) is 33.0 Å². The minimum atomic E-state index is -0.366. The number of aromatic nitrogens is 1. The zero-order valence-electron chi connectivity index (χ0n) is 15.7. The van der Waals surface area contributed by atoms with E-state index in [1.54, 1.807) is 6.07 Å². The maximum Gasteiger partial charge on any atom is 0.346 e. The van der Waals surface area contributed by atoms with Crippen molar-refractivity contribution >= 4 is 38.2 Å². The zero-order chi connectivity index (χ0) is 20.2. The summed E-state index contributed by atoms with van der Waals surface area (Å²) in [7, 11) is 0. The van der Waals surface area contributed by atoms with E-state index in [2.05, 4.69) is 58.4 Å². The summed E-state index contributed by atoms with van der Waals surface area (Å²) in [5.41, 5.74) is 7.94. The van der Waals surface area contributed by atoms with Crippen LogP contribution in [0.4, 0.5) is 0 Å². The average molecular weight is 472 g/mol. The highest BCUT2D eigenvalue weighted by Gasteiger charge is 2.19. The first-order valence-corrected chi connectivity index (χ1v) is 11.2. The normalized spacial score (nSPS) is 12.2. The van der Waals surface area contributed by atoms with Gasteiger partial charge in [0.1, 0.15) is 10.6 Å². The average Bonchev–Trinajstić information content (AvgIpc) is 3.38. The van der Waals surface area contributed by atoms with E-state index in [9.17, 15) is 4.79 Å². The zero-order valence-corrected chi connectivity index (χ0v) is 18.1. The van der Waals surface area contributed by atoms with Gasteiger partial charge in [-0.3, -0.25) is 0 Å². The van der Waals surface area contributed by atoms with E-state index in [1.165, 1.54) is 33.6 Å². The largest absolute Gasteiger partial charge is 0.422 e. The molecule has 2 heterocycles. The van der Waals surface area contributed by atoms with Gasteiger partial charge in [-0.05, 0) is 59.0 Å². The van der Waals surface area contributed by atoms with Crippen molar-refractivity contribution < 1.29 is 4.42 Å². The van der Waals surface area contributed by atoms with Crippen molar-refractivity contribution in [2.24, 2.45) is 0 Å². The third-order valence-corrected chi connectivity index (χ3v) is 6.89. The Morgan fingerprint density at radius 1 is 0.900 bits per heavy atom. The SMILES string of the molecule is O=c1oc2ccc(Br)cc2cc1-c1nc(-c2ccc3c(c2)Cc2ccccc2-3)cs1. The van der Waals surface area contributed by atoms with Gasteiger partial charge in [0.15, 0.2) is 0 Å². The summed E-state index contributed by atoms with van der Waals surface area (Å²) in [6.45, 7) is 0. The van der Waals surface area contributed by atoms with Crippen LogP contribution in [0.1, 0.15) is 11.1 Å². The quantitative estimate of drug-likeness (QED) is 0.257. The first-order chi connectivity index (χ1) is 14.7. The van der Waals surface area contributed by atoms with Crippen molar-refractivity contribution in [2.75, 3.05) is 0 Å². The Bertz CT molecular complexity index is 1520. The van der Waals surface area contributed by atoms with E-state index in [0.29, 0.717) is 16.2 Å². The monoisotopic (exact) mass is 471 g/mol. The standard InChI is InChI=1S/C25H14BrNO2S/c26-18-6-8-23-17(11-18)12-21(25(28)29-23)24-27-22(13-30-24)15-5-7-20-16(10-15)9-14-3-1-2-4-19(14)20/h1-8,10-13H,9H2. The summed E-state index contributed by atoms with van der Waals surface area (Å²) in [4.78, 5) is 17.3. The number of nitrogens with zero attached hydrogens (tertiary/aromatic N) is 1. The van der Waals surface area contributed by atoms with E-state index in [1.807, 2.05) is 23.6 Å². The molecule has 2 aromatic heterocycles. The number of hydrogen-bond donors (Lipinski definition) is 0. The summed E-state index contributed by atoms with van der Waals surface area (Å²) < 4.78 is 6.44. The molecular weight excluding hydrogens is 458 g/mol. The predicted octanol–water partition coefficient (Wildman–Crippen LogP) is 6.92. The number of benzene rings is 3. The summed E-state index contributed by atoms with van der Waals surface area (Å²) in [6, 6.07) is 22.5. The van der Waals surface area contributed by atoms with Crippen LogP contribution in [-0.2, 0) is 6.42 Å². The van der Waals surface area contributed by atoms with E-state index >= 15 is 0 Å². The van der Waals surface area contributed by atoms with Crippen LogP contribution in [0.15, 0.2) is 85.8 Å². The summed E-state index contributed by atoms with van der Waals surface area (Å²) >= 11 is 4.93. The van der Waals surface area contributed by atoms with E-state index in [-0.39, 0.29) is 5.63 Å². The lowest BCUT2D eigenvalue weighted by Crippen LogP contribution is -2.02. The Morgan fingerprint density at radius 2 is 1.77 bits per heavy atom. The minimum Gasteiger partial charge on any atom is -0.422 e. The fraction of sp³-hybridized carbons (Fsp3) is 0.0400. The van der Waals surface area contributed by atoms with Gasteiger partial charge in [-0.25, -0.2) is 9.78 Å². The van der Waals surface area contributed by atoms with Crippen LogP contribution in [0, 0.1) is 0 Å². The topological polar surface area (TPSA) is 43.1 Å². The molecule has 0 atom stereocenters. The predicted molar refractivity (Wildman–Crippen MR) is 125 cm³/mol. The third kappa shape index (κ3) is 2.85. The molecule has 1 aliphatic rings. The van der Waals surface area contributed by atoms with Crippen LogP contribution in [0.3, 0.4) is 0 Å². The molecule has 144 valence electrons. The highest BCUT2D eigenvalue weighted by atomic mass is 79.9. The molecule has 0 amide bonds. The lowest BCUT2D eigenvalue weighted by atomic mass is 10.0. The van der Waals surface area contributed by atoms with E-state index < -0.39 is 0 Å². The molecule has 3 nitrogen and oxygen atoms in total. The molecule has 5 aromatic rings. The van der Waals surface area contributed by atoms with Crippen LogP contribution in [0.5, 0.6) is 0 Å². The van der Waals surface area contributed by atoms with Crippen molar-refractivity contribution in [3.63, 3.8) is 0 Å². The Morgan fingerprint density at radius 3 is 2.70 bits per heavy atom. The fourth-order valence-electron chi connectivity index (χ4n) is 4.08. The van der Waals surface area contributed by atoms with Crippen molar-refractivity contribution in [2.45, 2.75) is 6.42 Å². The summed E-state index contributed by atoms with van der Waals surface area (Å²) in [5.74, 6) is 0. The Balaban J connectivity index is 1.40. The molecule has 6 rings (SSSR count). The molecule has 5 heteroatoms. The second kappa shape index (κ2) is 6.76. The fourth-order valence-corrected chi connectivity index (χ4v) is 5.29. The lowest BCUT2D eigenvalue weighted by Gasteiger charge is -2.03. The molecular formula is C25H14BrNO2S. The van der Waals surface area contributed by atoms with Crippen molar-refractivity contribution in [1.29, 1.82) is 0 Å². The highest BCUT2D eigenvalue weighted by Crippen LogP contribution is 2.39. The van der Waals surface area contributed by atoms with Crippen LogP contribution in [0.25, 0.3) is 43.9 Å². The number of rotatable bonds is 2. The molecule has 0 unspecified atom stereocenters. The van der Waals surface area contributed by atoms with Crippen LogP contribution >= 0.6 is 27.3 Å². The molecule has 1 aliphatic carbocycles. The van der Waals surface area contributed by atoms with Gasteiger partial charge in [0.25, 0.3) is 0 Å². The highest BCUT2D eigenvalue weighted by molar-refractivity contribution is 9.10. The Kier molecular flexibility index (Phi) is 4.01. The lowest BCUT2D eigenvalue weighted by molar-refractivity contribution is 0.563. The number of fused-ring (bicyclic) bond motifs is 4. The molecule has 30 heavy (non-hydrogen) atoms. The molecule has 0 saturated heterocycles. The van der Waals surface area contributed by atoms with Crippen LogP contribution < -0.4 is 5.63 Å². The van der Waals surface area contributed by atoms with E-state index in [4.69, 9.17) is 9.40 Å². The van der Waals surface area contributed by atoms with E-state index in [0.717, 1.165) is 27.5 Å². The summed E-state index contributed by atoms with van der Waals surface area (Å²) in [5, 5.41) is 3.54. The Hall–Kier alpha value is -3.02. The van der Waals surface area contributed by atoms with Crippen molar-refractivity contribution in [3.05, 3.63) is 98.1 Å². The summed E-state index contributed by atoms with van der Waals surface area (Å²) in [6.07, 6.45) is 0.944. The molecule has 0 N–H and O–H groups in total. The number of hydrogen-bond acceptors (Lipinski definition) is 4. The van der Waals surface area contributed by atoms with Gasteiger partial charge in [0, 0.05) is 20.8 Å². The van der Waals surface area contributed by atoms with Gasteiger partial charge >= 0.3 is 5.63 Å². The van der Waals surface area contributed by atoms with Gasteiger partial charge < -0.3 is 4.42 Å². The Labute approximate surface area is 184 Å². The second-order valence-corrected chi connectivity index (χ2v) is 9.15. The smallest absolute Gasteiger partial charge is 0.346 e. The maximum atomic E-state index is 12.5. The van der Waals surface area contributed by atoms with Gasteiger partial charge in [-0.2, -0.15) is 0 Å². The number of halogens is 1. The van der Waals surface area contributed by atoms with Crippen LogP contribution in [0.2, 0.25) is 0 Å². The molecule has 0 aliphatic heterocycles. The van der Waals surface area contributed by atoms with Gasteiger partial charge in [0.2, 0.25) is 0 Å². The minimum absolute atomic E-state index is 0.366. The second-order valence-electron chi connectivity index (χ2n) is 7.37. The first kappa shape index (κ1) is 17.8. The third-order valence-electron chi connectivity index (χ3n) is 5.52. The molecule has 0 fully saturated rings. The maximum absolute atomic E-state index is 12.5. The van der Waals surface area contributed by atoms with Gasteiger partial charge in [0.05, 0.1) is 11.3 Å². The van der Waals surface area contributed by atoms with Gasteiger partial charge in [-0.15, -0.1) is 11.3 Å². The molecule has 0 spiro atoms. The van der Waals surface area contributed by atoms with Gasteiger partial charge in [-0.1, -0.05) is 52.3 Å². The number of thiazole rings is 1. The molecule has 0 bridgehead atoms. The molecule has 0 saturated carbocycles. The van der Waals surface area contributed by atoms with Crippen LogP contribution in [-0.4, -0.2) is 4.98 Å². The first-order valence-electron chi connectivity index (χ1n) is 9.56.